The number of nitrogens with zero attached hydrogens (tertiary/aromatic N) is 2. The molecule has 3 aliphatic heterocycles. The third-order valence-electron chi connectivity index (χ3n) is 9.82. The van der Waals surface area contributed by atoms with Crippen LogP contribution in [0.4, 0.5) is 28.0 Å². The summed E-state index contributed by atoms with van der Waals surface area (Å²) in [7, 11) is -2.28. The highest BCUT2D eigenvalue weighted by Crippen LogP contribution is 2.41. The molecule has 49 heavy (non-hydrogen) atoms. The van der Waals surface area contributed by atoms with Gasteiger partial charge in [0.2, 0.25) is 15.9 Å². The van der Waals surface area contributed by atoms with Crippen LogP contribution in [0.5, 0.6) is 0 Å². The minimum Gasteiger partial charge on any atom is -0.465 e. The highest BCUT2D eigenvalue weighted by Gasteiger charge is 2.44. The molecular formula is C33H41ClF4N4O6S. The van der Waals surface area contributed by atoms with E-state index < -0.39 is 70.5 Å². The lowest BCUT2D eigenvalue weighted by molar-refractivity contribution is -0.170. The van der Waals surface area contributed by atoms with Gasteiger partial charge in [0.1, 0.15) is 11.9 Å². The van der Waals surface area contributed by atoms with Gasteiger partial charge in [0.15, 0.2) is 0 Å². The zero-order chi connectivity index (χ0) is 35.5. The molecule has 0 saturated carbocycles. The first-order valence-corrected chi connectivity index (χ1v) is 18.3. The van der Waals surface area contributed by atoms with Crippen molar-refractivity contribution in [1.29, 1.82) is 0 Å². The minimum atomic E-state index is -4.49. The first kappa shape index (κ1) is 37.3. The van der Waals surface area contributed by atoms with E-state index >= 15 is 4.39 Å². The molecule has 3 N–H and O–H groups in total. The van der Waals surface area contributed by atoms with Crippen LogP contribution in [0.2, 0.25) is 5.02 Å². The van der Waals surface area contributed by atoms with Gasteiger partial charge in [-0.3, -0.25) is 9.69 Å². The Kier molecular flexibility index (Phi) is 11.8. The smallest absolute Gasteiger partial charge is 0.407 e. The number of carbonyl (C=O) groups is 2. The maximum absolute atomic E-state index is 15.4. The molecule has 3 aliphatic rings. The molecule has 16 heteroatoms. The van der Waals surface area contributed by atoms with Crippen molar-refractivity contribution in [3.63, 3.8) is 0 Å². The Morgan fingerprint density at radius 1 is 1.18 bits per heavy atom. The molecule has 7 atom stereocenters. The van der Waals surface area contributed by atoms with E-state index in [1.54, 1.807) is 24.3 Å². The van der Waals surface area contributed by atoms with Crippen LogP contribution in [-0.2, 0) is 26.0 Å². The third kappa shape index (κ3) is 9.23. The maximum atomic E-state index is 15.4. The molecule has 2 aromatic rings. The van der Waals surface area contributed by atoms with Crippen molar-refractivity contribution in [2.75, 3.05) is 37.8 Å². The van der Waals surface area contributed by atoms with E-state index in [9.17, 15) is 36.3 Å². The van der Waals surface area contributed by atoms with E-state index in [0.717, 1.165) is 11.3 Å². The minimum absolute atomic E-state index is 0.0157. The van der Waals surface area contributed by atoms with E-state index in [0.29, 0.717) is 30.1 Å². The molecule has 10 nitrogen and oxygen atoms in total. The van der Waals surface area contributed by atoms with Crippen molar-refractivity contribution < 1.29 is 45.4 Å². The fourth-order valence-corrected chi connectivity index (χ4v) is 9.36. The fourth-order valence-electron chi connectivity index (χ4n) is 7.42. The Morgan fingerprint density at radius 2 is 1.92 bits per heavy atom. The number of fused-ring (bicyclic) bond motifs is 2. The van der Waals surface area contributed by atoms with Crippen molar-refractivity contribution in [1.82, 2.24) is 14.5 Å². The highest BCUT2D eigenvalue weighted by molar-refractivity contribution is 7.89. The lowest BCUT2D eigenvalue weighted by atomic mass is 9.74. The molecule has 2 bridgehead atoms. The van der Waals surface area contributed by atoms with Crippen LogP contribution >= 0.6 is 11.6 Å². The van der Waals surface area contributed by atoms with Crippen molar-refractivity contribution in [2.24, 2.45) is 5.92 Å². The van der Waals surface area contributed by atoms with Crippen LogP contribution < -0.4 is 10.6 Å². The number of rotatable bonds is 10. The van der Waals surface area contributed by atoms with Gasteiger partial charge < -0.3 is 20.5 Å². The molecular weight excluding hydrogens is 692 g/mol. The molecule has 5 unspecified atom stereocenters. The van der Waals surface area contributed by atoms with Gasteiger partial charge >= 0.3 is 12.3 Å². The predicted molar refractivity (Wildman–Crippen MR) is 176 cm³/mol. The van der Waals surface area contributed by atoms with Crippen LogP contribution in [0.1, 0.15) is 55.6 Å². The van der Waals surface area contributed by atoms with Gasteiger partial charge in [0, 0.05) is 61.0 Å². The number of alkyl halides is 3. The summed E-state index contributed by atoms with van der Waals surface area (Å²) in [5.41, 5.74) is 0.712. The van der Waals surface area contributed by atoms with E-state index in [-0.39, 0.29) is 55.3 Å². The molecule has 2 aromatic carbocycles. The second-order valence-electron chi connectivity index (χ2n) is 13.1. The Morgan fingerprint density at radius 3 is 2.61 bits per heavy atom. The van der Waals surface area contributed by atoms with Crippen LogP contribution in [0, 0.1) is 11.7 Å². The number of nitrogens with one attached hydrogen (secondary N) is 2. The number of halogens is 5. The largest absolute Gasteiger partial charge is 0.465 e. The number of ether oxygens (including phenoxy) is 1. The summed E-state index contributed by atoms with van der Waals surface area (Å²) in [5.74, 6) is -2.89. The molecule has 5 rings (SSSR count). The van der Waals surface area contributed by atoms with E-state index in [2.05, 4.69) is 10.6 Å². The summed E-state index contributed by atoms with van der Waals surface area (Å²) < 4.78 is 88.4. The monoisotopic (exact) mass is 732 g/mol. The van der Waals surface area contributed by atoms with Gasteiger partial charge in [0.25, 0.3) is 0 Å². The molecule has 270 valence electrons. The van der Waals surface area contributed by atoms with Crippen LogP contribution in [-0.4, -0.2) is 97.6 Å². The molecule has 0 spiro atoms. The number of benzene rings is 2. The average Bonchev–Trinajstić information content (AvgIpc) is 3.14. The predicted octanol–water partition coefficient (Wildman–Crippen LogP) is 5.63. The standard InChI is InChI=1S/C33H41ClF4N4O6S/c1-41(32(44)45)30(29(20-7-9-22(34)10-8-20)21-13-14-48-25(16-21)17-33(36,37)38)31(43)40-28-6-2-5-27(35)26(28)12-11-24-18-39-23-4-3-15-49(46,47)42(24)19-23/h2,5-10,21,23-25,29-30,39H,3-4,11-19H2,1H3,(H,40,43)(H,44,45)/t21?,23?,24?,25?,29-,30-/m0/s1. The number of carboxylic acid groups (broad SMARTS) is 1. The quantitative estimate of drug-likeness (QED) is 0.271. The topological polar surface area (TPSA) is 128 Å². The summed E-state index contributed by atoms with van der Waals surface area (Å²) in [6.45, 7) is 0.714. The van der Waals surface area contributed by atoms with Gasteiger partial charge in [0.05, 0.1) is 18.3 Å². The molecule has 3 saturated heterocycles. The Hall–Kier alpha value is -2.98. The van der Waals surface area contributed by atoms with Gasteiger partial charge in [-0.1, -0.05) is 29.8 Å². The average molecular weight is 733 g/mol. The Balaban J connectivity index is 1.44. The van der Waals surface area contributed by atoms with Gasteiger partial charge in [-0.25, -0.2) is 17.6 Å². The first-order chi connectivity index (χ1) is 23.1. The third-order valence-corrected chi connectivity index (χ3v) is 12.0. The summed E-state index contributed by atoms with van der Waals surface area (Å²) >= 11 is 6.13. The Labute approximate surface area is 288 Å². The lowest BCUT2D eigenvalue weighted by Gasteiger charge is -2.41. The van der Waals surface area contributed by atoms with Gasteiger partial charge in [-0.15, -0.1) is 0 Å². The van der Waals surface area contributed by atoms with Crippen molar-refractivity contribution in [2.45, 2.75) is 81.3 Å². The van der Waals surface area contributed by atoms with Gasteiger partial charge in [-0.05, 0) is 74.3 Å². The highest BCUT2D eigenvalue weighted by atomic mass is 35.5. The van der Waals surface area contributed by atoms with Crippen molar-refractivity contribution in [3.05, 3.63) is 64.4 Å². The van der Waals surface area contributed by atoms with Crippen LogP contribution in [0.25, 0.3) is 0 Å². The van der Waals surface area contributed by atoms with E-state index in [1.807, 2.05) is 0 Å². The summed E-state index contributed by atoms with van der Waals surface area (Å²) in [6.07, 6.45) is -6.49. The van der Waals surface area contributed by atoms with Crippen LogP contribution in [0.3, 0.4) is 0 Å². The second kappa shape index (κ2) is 15.5. The first-order valence-electron chi connectivity index (χ1n) is 16.3. The number of carbonyl (C=O) groups excluding carboxylic acids is 1. The van der Waals surface area contributed by atoms with Crippen molar-refractivity contribution >= 4 is 39.3 Å². The molecule has 3 fully saturated rings. The zero-order valence-electron chi connectivity index (χ0n) is 27.0. The molecule has 3 heterocycles. The number of hydrogen-bond donors (Lipinski definition) is 3. The molecule has 0 aliphatic carbocycles. The summed E-state index contributed by atoms with van der Waals surface area (Å²) in [4.78, 5) is 27.5. The molecule has 0 radical (unpaired) electrons. The lowest BCUT2D eigenvalue weighted by Crippen LogP contribution is -2.57. The SMILES string of the molecule is CN(C(=O)O)[C@H](C(=O)Nc1cccc(F)c1CCC1CNC2CCCS(=O)(=O)N1C2)[C@@H](c1ccc(Cl)cc1)C1CCOC(CC(F)(F)F)C1. The summed E-state index contributed by atoms with van der Waals surface area (Å²) in [5, 5.41) is 16.6. The number of likely N-dealkylation sites (N-methyl/N-ethyl adjacent to an activating group) is 1. The normalized spacial score (nSPS) is 26.6. The van der Waals surface area contributed by atoms with Crippen LogP contribution in [0.15, 0.2) is 42.5 Å². The number of hydrogen-bond acceptors (Lipinski definition) is 6. The van der Waals surface area contributed by atoms with E-state index in [4.69, 9.17) is 16.3 Å². The van der Waals surface area contributed by atoms with E-state index in [1.165, 1.54) is 29.6 Å². The number of anilines is 1. The molecule has 0 aromatic heterocycles. The maximum Gasteiger partial charge on any atom is 0.407 e. The van der Waals surface area contributed by atoms with Gasteiger partial charge in [-0.2, -0.15) is 17.5 Å². The zero-order valence-corrected chi connectivity index (χ0v) is 28.5. The second-order valence-corrected chi connectivity index (χ2v) is 15.6. The number of sulfonamides is 1. The molecule has 2 amide bonds. The fraction of sp³-hybridized carbons (Fsp3) is 0.576. The Bertz CT molecular complexity index is 1600. The number of amides is 2. The summed E-state index contributed by atoms with van der Waals surface area (Å²) in [6, 6.07) is 8.63. The number of piperazine rings is 1. The van der Waals surface area contributed by atoms with Crippen molar-refractivity contribution in [3.8, 4) is 0 Å².